The third kappa shape index (κ3) is 6.16. The monoisotopic (exact) mass is 462 g/mol. The van der Waals surface area contributed by atoms with Crippen molar-refractivity contribution in [1.29, 1.82) is 0 Å². The Balaban J connectivity index is 0.00000312. The zero-order valence-corrected chi connectivity index (χ0v) is 18.3. The molecular weight excluding hydrogens is 431 g/mol. The van der Waals surface area contributed by atoms with E-state index in [9.17, 15) is 4.79 Å². The Hall–Kier alpha value is -1.32. The lowest BCUT2D eigenvalue weighted by Gasteiger charge is -2.18. The molecule has 0 spiro atoms. The summed E-state index contributed by atoms with van der Waals surface area (Å²) in [4.78, 5) is 18.1. The number of carbonyl (C=O) groups is 1. The van der Waals surface area contributed by atoms with Gasteiger partial charge < -0.3 is 15.5 Å². The maximum atomic E-state index is 11.8. The Bertz CT molecular complexity index is 605. The topological polar surface area (TPSA) is 74.5 Å². The van der Waals surface area contributed by atoms with Crippen LogP contribution in [0.25, 0.3) is 0 Å². The van der Waals surface area contributed by atoms with E-state index in [1.54, 1.807) is 19.0 Å². The van der Waals surface area contributed by atoms with Crippen LogP contribution in [0.1, 0.15) is 42.6 Å². The third-order valence-corrected chi connectivity index (χ3v) is 4.66. The zero-order chi connectivity index (χ0) is 17.7. The van der Waals surface area contributed by atoms with E-state index in [1.165, 1.54) is 12.8 Å². The predicted molar refractivity (Wildman–Crippen MR) is 111 cm³/mol. The second kappa shape index (κ2) is 9.98. The Morgan fingerprint density at radius 3 is 2.48 bits per heavy atom. The maximum Gasteiger partial charge on any atom is 0.241 e. The van der Waals surface area contributed by atoms with Crippen LogP contribution in [0.15, 0.2) is 4.99 Å². The molecule has 0 radical (unpaired) electrons. The van der Waals surface area contributed by atoms with Crippen molar-refractivity contribution in [2.45, 2.75) is 52.1 Å². The second-order valence-electron chi connectivity index (χ2n) is 6.71. The van der Waals surface area contributed by atoms with Crippen molar-refractivity contribution in [3.63, 3.8) is 0 Å². The van der Waals surface area contributed by atoms with Crippen LogP contribution < -0.4 is 10.6 Å². The van der Waals surface area contributed by atoms with E-state index < -0.39 is 0 Å². The molecule has 2 rings (SSSR count). The molecule has 0 aromatic carbocycles. The molecular formula is C17H31IN6O. The minimum atomic E-state index is 0. The van der Waals surface area contributed by atoms with Crippen LogP contribution in [0.4, 0.5) is 0 Å². The van der Waals surface area contributed by atoms with Crippen LogP contribution in [0.3, 0.4) is 0 Å². The molecule has 0 aliphatic heterocycles. The van der Waals surface area contributed by atoms with Crippen molar-refractivity contribution in [3.8, 4) is 0 Å². The number of hydrogen-bond acceptors (Lipinski definition) is 3. The van der Waals surface area contributed by atoms with Crippen LogP contribution in [-0.4, -0.2) is 53.2 Å². The maximum absolute atomic E-state index is 11.8. The zero-order valence-electron chi connectivity index (χ0n) is 15.9. The van der Waals surface area contributed by atoms with Crippen LogP contribution in [0.5, 0.6) is 0 Å². The standard InChI is InChI=1S/C17H30N6O.HI/c1-12-15(13(2)23(5)21-12)10-18-17(19-11-16(24)22(3)4)20-14-8-6-7-9-14;/h14H,6-11H2,1-5H3,(H2,18,19,20);1H. The van der Waals surface area contributed by atoms with Crippen molar-refractivity contribution >= 4 is 35.8 Å². The first-order valence-corrected chi connectivity index (χ1v) is 8.62. The van der Waals surface area contributed by atoms with Gasteiger partial charge >= 0.3 is 0 Å². The largest absolute Gasteiger partial charge is 0.354 e. The number of nitrogens with one attached hydrogen (secondary N) is 2. The summed E-state index contributed by atoms with van der Waals surface area (Å²) >= 11 is 0. The van der Waals surface area contributed by atoms with Gasteiger partial charge in [0.05, 0.1) is 18.8 Å². The van der Waals surface area contributed by atoms with Crippen molar-refractivity contribution in [1.82, 2.24) is 25.3 Å². The van der Waals surface area contributed by atoms with Gasteiger partial charge in [-0.05, 0) is 26.7 Å². The first kappa shape index (κ1) is 21.7. The molecule has 0 bridgehead atoms. The molecule has 8 heteroatoms. The van der Waals surface area contributed by atoms with Gasteiger partial charge in [0.25, 0.3) is 0 Å². The lowest BCUT2D eigenvalue weighted by Crippen LogP contribution is -2.46. The number of guanidine groups is 1. The number of rotatable bonds is 5. The fourth-order valence-corrected chi connectivity index (χ4v) is 2.94. The molecule has 1 saturated carbocycles. The molecule has 0 atom stereocenters. The summed E-state index contributed by atoms with van der Waals surface area (Å²) in [5.74, 6) is 0.740. The van der Waals surface area contributed by atoms with E-state index in [2.05, 4.69) is 22.7 Å². The van der Waals surface area contributed by atoms with Gasteiger partial charge in [0.1, 0.15) is 0 Å². The van der Waals surface area contributed by atoms with Gasteiger partial charge in [-0.25, -0.2) is 4.99 Å². The SMILES string of the molecule is Cc1nn(C)c(C)c1CN=C(NCC(=O)N(C)C)NC1CCCC1.I. The Morgan fingerprint density at radius 2 is 1.96 bits per heavy atom. The fourth-order valence-electron chi connectivity index (χ4n) is 2.94. The Kier molecular flexibility index (Phi) is 8.67. The van der Waals surface area contributed by atoms with Crippen LogP contribution in [-0.2, 0) is 18.4 Å². The summed E-state index contributed by atoms with van der Waals surface area (Å²) in [6.45, 7) is 4.86. The van der Waals surface area contributed by atoms with E-state index in [-0.39, 0.29) is 36.4 Å². The molecule has 1 fully saturated rings. The average Bonchev–Trinajstić information content (AvgIpc) is 3.11. The fraction of sp³-hybridized carbons (Fsp3) is 0.706. The highest BCUT2D eigenvalue weighted by molar-refractivity contribution is 14.0. The van der Waals surface area contributed by atoms with E-state index in [1.807, 2.05) is 18.7 Å². The number of aryl methyl sites for hydroxylation is 2. The minimum absolute atomic E-state index is 0. The van der Waals surface area contributed by atoms with Gasteiger partial charge in [0, 0.05) is 38.4 Å². The smallest absolute Gasteiger partial charge is 0.241 e. The molecule has 0 unspecified atom stereocenters. The molecule has 1 aromatic rings. The number of amides is 1. The highest BCUT2D eigenvalue weighted by atomic mass is 127. The lowest BCUT2D eigenvalue weighted by atomic mass is 10.2. The molecule has 1 aliphatic rings. The van der Waals surface area contributed by atoms with Crippen molar-refractivity contribution in [3.05, 3.63) is 17.0 Å². The summed E-state index contributed by atoms with van der Waals surface area (Å²) in [6, 6.07) is 0.446. The number of nitrogens with zero attached hydrogens (tertiary/aromatic N) is 4. The van der Waals surface area contributed by atoms with Crippen LogP contribution >= 0.6 is 24.0 Å². The third-order valence-electron chi connectivity index (χ3n) is 4.66. The van der Waals surface area contributed by atoms with E-state index in [4.69, 9.17) is 4.99 Å². The highest BCUT2D eigenvalue weighted by Crippen LogP contribution is 2.17. The highest BCUT2D eigenvalue weighted by Gasteiger charge is 2.17. The molecule has 142 valence electrons. The molecule has 1 aromatic heterocycles. The lowest BCUT2D eigenvalue weighted by molar-refractivity contribution is -0.127. The normalized spacial score (nSPS) is 15.0. The number of halogens is 1. The Labute approximate surface area is 167 Å². The Morgan fingerprint density at radius 1 is 1.32 bits per heavy atom. The summed E-state index contributed by atoms with van der Waals surface area (Å²) in [6.07, 6.45) is 4.82. The average molecular weight is 462 g/mol. The molecule has 7 nitrogen and oxygen atoms in total. The first-order chi connectivity index (χ1) is 11.4. The number of aromatic nitrogens is 2. The first-order valence-electron chi connectivity index (χ1n) is 8.62. The van der Waals surface area contributed by atoms with E-state index in [0.29, 0.717) is 18.5 Å². The minimum Gasteiger partial charge on any atom is -0.354 e. The molecule has 1 amide bonds. The van der Waals surface area contributed by atoms with Crippen molar-refractivity contribution in [2.24, 2.45) is 12.0 Å². The van der Waals surface area contributed by atoms with Gasteiger partial charge in [-0.15, -0.1) is 24.0 Å². The molecule has 25 heavy (non-hydrogen) atoms. The molecule has 2 N–H and O–H groups in total. The number of likely N-dealkylation sites (N-methyl/N-ethyl adjacent to an activating group) is 1. The van der Waals surface area contributed by atoms with Gasteiger partial charge in [0.15, 0.2) is 5.96 Å². The van der Waals surface area contributed by atoms with Gasteiger partial charge in [-0.1, -0.05) is 12.8 Å². The second-order valence-corrected chi connectivity index (χ2v) is 6.71. The summed E-state index contributed by atoms with van der Waals surface area (Å²) in [5.41, 5.74) is 3.27. The summed E-state index contributed by atoms with van der Waals surface area (Å²) in [5, 5.41) is 11.1. The van der Waals surface area contributed by atoms with Gasteiger partial charge in [0.2, 0.25) is 5.91 Å². The van der Waals surface area contributed by atoms with Gasteiger partial charge in [-0.2, -0.15) is 5.10 Å². The van der Waals surface area contributed by atoms with Crippen LogP contribution in [0.2, 0.25) is 0 Å². The number of carbonyl (C=O) groups excluding carboxylic acids is 1. The van der Waals surface area contributed by atoms with E-state index in [0.717, 1.165) is 29.8 Å². The van der Waals surface area contributed by atoms with E-state index >= 15 is 0 Å². The number of hydrogen-bond donors (Lipinski definition) is 2. The van der Waals surface area contributed by atoms with Crippen molar-refractivity contribution in [2.75, 3.05) is 20.6 Å². The van der Waals surface area contributed by atoms with Gasteiger partial charge in [-0.3, -0.25) is 9.48 Å². The summed E-state index contributed by atoms with van der Waals surface area (Å²) in [7, 11) is 5.46. The molecule has 1 heterocycles. The predicted octanol–water partition coefficient (Wildman–Crippen LogP) is 1.72. The molecule has 0 saturated heterocycles. The number of aliphatic imine (C=N–C) groups is 1. The summed E-state index contributed by atoms with van der Waals surface area (Å²) < 4.78 is 1.88. The molecule has 1 aliphatic carbocycles. The van der Waals surface area contributed by atoms with Crippen LogP contribution in [0, 0.1) is 13.8 Å². The quantitative estimate of drug-likeness (QED) is 0.397. The van der Waals surface area contributed by atoms with Crippen molar-refractivity contribution < 1.29 is 4.79 Å².